The fourth-order valence-corrected chi connectivity index (χ4v) is 4.73. The average molecular weight is 451 g/mol. The summed E-state index contributed by atoms with van der Waals surface area (Å²) in [5.41, 5.74) is 4.67. The number of carbonyl (C=O) groups excluding carboxylic acids is 2. The Labute approximate surface area is 193 Å². The Balaban J connectivity index is 1.26. The number of nitrogens with one attached hydrogen (secondary N) is 1. The zero-order valence-corrected chi connectivity index (χ0v) is 18.8. The molecule has 2 aromatic rings. The van der Waals surface area contributed by atoms with Crippen LogP contribution in [0.25, 0.3) is 11.1 Å². The highest BCUT2D eigenvalue weighted by Crippen LogP contribution is 2.44. The van der Waals surface area contributed by atoms with Gasteiger partial charge in [-0.2, -0.15) is 0 Å². The molecule has 174 valence electrons. The second-order valence-electron chi connectivity index (χ2n) is 8.88. The molecular formula is C26H30N2O5. The zero-order valence-electron chi connectivity index (χ0n) is 18.8. The van der Waals surface area contributed by atoms with E-state index in [4.69, 9.17) is 9.84 Å². The monoisotopic (exact) mass is 450 g/mol. The highest BCUT2D eigenvalue weighted by atomic mass is 16.5. The van der Waals surface area contributed by atoms with Crippen LogP contribution < -0.4 is 5.32 Å². The summed E-state index contributed by atoms with van der Waals surface area (Å²) in [6, 6.07) is 16.1. The Hall–Kier alpha value is -3.35. The average Bonchev–Trinajstić information content (AvgIpc) is 3.09. The van der Waals surface area contributed by atoms with Crippen molar-refractivity contribution in [1.82, 2.24) is 10.2 Å². The van der Waals surface area contributed by atoms with Crippen LogP contribution >= 0.6 is 0 Å². The highest BCUT2D eigenvalue weighted by molar-refractivity contribution is 5.80. The first kappa shape index (κ1) is 22.8. The molecule has 7 nitrogen and oxygen atoms in total. The Kier molecular flexibility index (Phi) is 6.96. The van der Waals surface area contributed by atoms with Gasteiger partial charge >= 0.3 is 12.1 Å². The Morgan fingerprint density at radius 1 is 1.06 bits per heavy atom. The van der Waals surface area contributed by atoms with Crippen LogP contribution in [-0.2, 0) is 14.3 Å². The molecule has 0 aromatic heterocycles. The van der Waals surface area contributed by atoms with Crippen molar-refractivity contribution in [3.63, 3.8) is 0 Å². The van der Waals surface area contributed by atoms with E-state index in [1.54, 1.807) is 4.90 Å². The van der Waals surface area contributed by atoms with E-state index < -0.39 is 12.1 Å². The summed E-state index contributed by atoms with van der Waals surface area (Å²) in [6.45, 7) is 3.34. The summed E-state index contributed by atoms with van der Waals surface area (Å²) in [6.07, 6.45) is 1.04. The number of carbonyl (C=O) groups is 3. The second-order valence-corrected chi connectivity index (χ2v) is 8.88. The number of likely N-dealkylation sites (tertiary alicyclic amines) is 1. The summed E-state index contributed by atoms with van der Waals surface area (Å²) >= 11 is 0. The summed E-state index contributed by atoms with van der Waals surface area (Å²) in [4.78, 5) is 37.4. The van der Waals surface area contributed by atoms with Crippen LogP contribution in [0.15, 0.2) is 48.5 Å². The smallest absolute Gasteiger partial charge is 0.407 e. The lowest BCUT2D eigenvalue weighted by molar-refractivity contribution is -0.139. The molecule has 2 amide bonds. The van der Waals surface area contributed by atoms with E-state index >= 15 is 0 Å². The number of ether oxygens (including phenoxy) is 1. The largest absolute Gasteiger partial charge is 0.481 e. The fraction of sp³-hybridized carbons (Fsp3) is 0.423. The fourth-order valence-electron chi connectivity index (χ4n) is 4.73. The second kappa shape index (κ2) is 10.1. The Morgan fingerprint density at radius 2 is 1.67 bits per heavy atom. The predicted molar refractivity (Wildman–Crippen MR) is 124 cm³/mol. The molecule has 2 aliphatic rings. The number of alkyl carbamates (subject to hydrolysis) is 1. The predicted octanol–water partition coefficient (Wildman–Crippen LogP) is 4.02. The minimum absolute atomic E-state index is 0.00585. The quantitative estimate of drug-likeness (QED) is 0.602. The lowest BCUT2D eigenvalue weighted by Gasteiger charge is -2.40. The highest BCUT2D eigenvalue weighted by Gasteiger charge is 2.32. The maximum absolute atomic E-state index is 12.5. The van der Waals surface area contributed by atoms with Crippen LogP contribution in [0, 0.1) is 5.92 Å². The molecule has 1 saturated heterocycles. The van der Waals surface area contributed by atoms with Gasteiger partial charge in [-0.15, -0.1) is 0 Å². The van der Waals surface area contributed by atoms with Crippen LogP contribution in [0.3, 0.4) is 0 Å². The van der Waals surface area contributed by atoms with Gasteiger partial charge in [0.2, 0.25) is 5.91 Å². The molecule has 33 heavy (non-hydrogen) atoms. The molecule has 0 saturated carbocycles. The van der Waals surface area contributed by atoms with Gasteiger partial charge in [-0.3, -0.25) is 9.59 Å². The van der Waals surface area contributed by atoms with E-state index in [1.807, 2.05) is 31.2 Å². The van der Waals surface area contributed by atoms with Gasteiger partial charge in [0.25, 0.3) is 0 Å². The summed E-state index contributed by atoms with van der Waals surface area (Å²) in [7, 11) is 0. The lowest BCUT2D eigenvalue weighted by atomic mass is 9.94. The minimum atomic E-state index is -0.807. The van der Waals surface area contributed by atoms with Gasteiger partial charge in [0.1, 0.15) is 6.61 Å². The third-order valence-corrected chi connectivity index (χ3v) is 6.66. The molecule has 1 aliphatic carbocycles. The number of carboxylic acid groups (broad SMARTS) is 1. The molecule has 1 fully saturated rings. The van der Waals surface area contributed by atoms with E-state index in [2.05, 4.69) is 29.6 Å². The van der Waals surface area contributed by atoms with Gasteiger partial charge in [0, 0.05) is 37.9 Å². The molecule has 2 aromatic carbocycles. The van der Waals surface area contributed by atoms with Crippen molar-refractivity contribution < 1.29 is 24.2 Å². The third-order valence-electron chi connectivity index (χ3n) is 6.66. The van der Waals surface area contributed by atoms with Crippen molar-refractivity contribution in [3.05, 3.63) is 59.7 Å². The SMILES string of the molecule is CC[C@H](CC(=O)N1CC(CCC(=O)O)C1)NC(=O)OCC1c2ccccc2-c2ccccc21. The van der Waals surface area contributed by atoms with Gasteiger partial charge in [0.15, 0.2) is 0 Å². The number of nitrogens with zero attached hydrogens (tertiary/aromatic N) is 1. The number of rotatable bonds is 9. The van der Waals surface area contributed by atoms with Gasteiger partial charge in [-0.25, -0.2) is 4.79 Å². The van der Waals surface area contributed by atoms with E-state index in [0.717, 1.165) is 11.1 Å². The molecule has 0 unspecified atom stereocenters. The number of carboxylic acids is 1. The first-order valence-corrected chi connectivity index (χ1v) is 11.6. The molecule has 0 bridgehead atoms. The Bertz CT molecular complexity index is 985. The van der Waals surface area contributed by atoms with Gasteiger partial charge in [0.05, 0.1) is 0 Å². The maximum atomic E-state index is 12.5. The van der Waals surface area contributed by atoms with Crippen molar-refractivity contribution >= 4 is 18.0 Å². The summed E-state index contributed by atoms with van der Waals surface area (Å²) < 4.78 is 5.60. The van der Waals surface area contributed by atoms with Gasteiger partial charge in [-0.05, 0) is 41.0 Å². The minimum Gasteiger partial charge on any atom is -0.481 e. The molecule has 0 spiro atoms. The van der Waals surface area contributed by atoms with Crippen LogP contribution in [0.2, 0.25) is 0 Å². The number of aliphatic carboxylic acids is 1. The molecule has 1 atom stereocenters. The van der Waals surface area contributed by atoms with Crippen molar-refractivity contribution in [3.8, 4) is 11.1 Å². The van der Waals surface area contributed by atoms with E-state index in [1.165, 1.54) is 11.1 Å². The number of amides is 2. The van der Waals surface area contributed by atoms with Crippen LogP contribution in [0.1, 0.15) is 49.7 Å². The topological polar surface area (TPSA) is 95.9 Å². The van der Waals surface area contributed by atoms with E-state index in [9.17, 15) is 14.4 Å². The molecular weight excluding hydrogens is 420 g/mol. The molecule has 2 N–H and O–H groups in total. The van der Waals surface area contributed by atoms with Gasteiger partial charge < -0.3 is 20.1 Å². The molecule has 1 heterocycles. The molecule has 0 radical (unpaired) electrons. The zero-order chi connectivity index (χ0) is 23.4. The lowest BCUT2D eigenvalue weighted by Crippen LogP contribution is -2.51. The van der Waals surface area contributed by atoms with Gasteiger partial charge in [-0.1, -0.05) is 55.5 Å². The first-order valence-electron chi connectivity index (χ1n) is 11.6. The maximum Gasteiger partial charge on any atom is 0.407 e. The Morgan fingerprint density at radius 3 is 2.24 bits per heavy atom. The molecule has 7 heteroatoms. The van der Waals surface area contributed by atoms with Crippen LogP contribution in [-0.4, -0.2) is 53.7 Å². The number of hydrogen-bond donors (Lipinski definition) is 2. The summed E-state index contributed by atoms with van der Waals surface area (Å²) in [5.74, 6) is -0.584. The van der Waals surface area contributed by atoms with E-state index in [-0.39, 0.29) is 43.2 Å². The number of benzene rings is 2. The number of fused-ring (bicyclic) bond motifs is 3. The van der Waals surface area contributed by atoms with Crippen molar-refractivity contribution in [1.29, 1.82) is 0 Å². The van der Waals surface area contributed by atoms with Crippen molar-refractivity contribution in [2.24, 2.45) is 5.92 Å². The summed E-state index contributed by atoms with van der Waals surface area (Å²) in [5, 5.41) is 11.6. The normalized spacial score (nSPS) is 15.8. The van der Waals surface area contributed by atoms with Crippen LogP contribution in [0.5, 0.6) is 0 Å². The molecule has 4 rings (SSSR count). The third kappa shape index (κ3) is 5.18. The number of hydrogen-bond acceptors (Lipinski definition) is 4. The molecule has 1 aliphatic heterocycles. The first-order chi connectivity index (χ1) is 16.0. The van der Waals surface area contributed by atoms with Crippen LogP contribution in [0.4, 0.5) is 4.79 Å². The van der Waals surface area contributed by atoms with Crippen molar-refractivity contribution in [2.75, 3.05) is 19.7 Å². The van der Waals surface area contributed by atoms with Crippen molar-refractivity contribution in [2.45, 2.75) is 44.6 Å². The standard InChI is InChI=1S/C26H30N2O5/c1-2-18(13-24(29)28-14-17(15-28)11-12-25(30)31)27-26(32)33-16-23-21-9-5-3-7-19(21)20-8-4-6-10-22(20)23/h3-10,17-18,23H,2,11-16H2,1H3,(H,27,32)(H,30,31)/t18-/m1/s1. The van der Waals surface area contributed by atoms with E-state index in [0.29, 0.717) is 25.9 Å².